The molecule has 1 atom stereocenters. The van der Waals surface area contributed by atoms with Crippen molar-refractivity contribution in [3.63, 3.8) is 0 Å². The van der Waals surface area contributed by atoms with Crippen LogP contribution in [0.4, 0.5) is 5.82 Å². The molecule has 3 rings (SSSR count). The minimum atomic E-state index is 0.277. The molecule has 1 aromatic rings. The van der Waals surface area contributed by atoms with E-state index >= 15 is 0 Å². The van der Waals surface area contributed by atoms with Gasteiger partial charge in [0.2, 0.25) is 0 Å². The lowest BCUT2D eigenvalue weighted by molar-refractivity contribution is 0.0420. The number of likely N-dealkylation sites (N-methyl/N-ethyl adjacent to an activating group) is 1. The van der Waals surface area contributed by atoms with Gasteiger partial charge in [-0.25, -0.2) is 4.98 Å². The van der Waals surface area contributed by atoms with E-state index in [1.807, 2.05) is 6.20 Å². The van der Waals surface area contributed by atoms with Gasteiger partial charge in [-0.1, -0.05) is 6.07 Å². The molecule has 2 aliphatic heterocycles. The summed E-state index contributed by atoms with van der Waals surface area (Å²) >= 11 is 0. The normalized spacial score (nSPS) is 21.1. The predicted octanol–water partition coefficient (Wildman–Crippen LogP) is 0.694. The molecule has 0 bridgehead atoms. The molecule has 2 N–H and O–H groups in total. The summed E-state index contributed by atoms with van der Waals surface area (Å²) in [6, 6.07) is 4.25. The Morgan fingerprint density at radius 2 is 2.14 bits per heavy atom. The standard InChI is InChI=1S/C20H34N6O2/c1-21-20(22-7-3-12-28-18-6-13-27-16-18)24-15-17-4-5-19(23-14-17)26-10-8-25(2)9-11-26/h4-5,14,18H,3,6-13,15-16H2,1-2H3,(H2,21,22,24). The molecule has 8 nitrogen and oxygen atoms in total. The second-order valence-corrected chi connectivity index (χ2v) is 7.38. The van der Waals surface area contributed by atoms with Crippen molar-refractivity contribution in [2.45, 2.75) is 25.5 Å². The Bertz CT molecular complexity index is 595. The van der Waals surface area contributed by atoms with Crippen molar-refractivity contribution in [2.75, 3.05) is 71.5 Å². The number of guanidine groups is 1. The smallest absolute Gasteiger partial charge is 0.191 e. The van der Waals surface area contributed by atoms with Crippen LogP contribution in [-0.4, -0.2) is 88.6 Å². The third kappa shape index (κ3) is 6.61. The topological polar surface area (TPSA) is 74.3 Å². The molecular formula is C20H34N6O2. The highest BCUT2D eigenvalue weighted by molar-refractivity contribution is 5.79. The third-order valence-electron chi connectivity index (χ3n) is 5.17. The van der Waals surface area contributed by atoms with Crippen LogP contribution in [0.25, 0.3) is 0 Å². The number of nitrogens with one attached hydrogen (secondary N) is 2. The van der Waals surface area contributed by atoms with E-state index < -0.39 is 0 Å². The first-order valence-corrected chi connectivity index (χ1v) is 10.3. The minimum absolute atomic E-state index is 0.277. The average molecular weight is 391 g/mol. The molecule has 8 heteroatoms. The van der Waals surface area contributed by atoms with E-state index in [9.17, 15) is 0 Å². The quantitative estimate of drug-likeness (QED) is 0.384. The lowest BCUT2D eigenvalue weighted by Gasteiger charge is -2.33. The SMILES string of the molecule is CN=C(NCCCOC1CCOC1)NCc1ccc(N2CCN(C)CC2)nc1. The number of nitrogens with zero attached hydrogens (tertiary/aromatic N) is 4. The summed E-state index contributed by atoms with van der Waals surface area (Å²) in [5.41, 5.74) is 1.14. The van der Waals surface area contributed by atoms with E-state index in [0.29, 0.717) is 6.54 Å². The van der Waals surface area contributed by atoms with Gasteiger partial charge in [-0.15, -0.1) is 0 Å². The van der Waals surface area contributed by atoms with Crippen molar-refractivity contribution in [1.29, 1.82) is 0 Å². The summed E-state index contributed by atoms with van der Waals surface area (Å²) in [4.78, 5) is 13.6. The van der Waals surface area contributed by atoms with Gasteiger partial charge in [0.25, 0.3) is 0 Å². The lowest BCUT2D eigenvalue weighted by atomic mass is 10.2. The Hall–Kier alpha value is -1.90. The summed E-state index contributed by atoms with van der Waals surface area (Å²) in [7, 11) is 3.95. The van der Waals surface area contributed by atoms with Gasteiger partial charge in [0, 0.05) is 65.7 Å². The van der Waals surface area contributed by atoms with E-state index in [2.05, 4.69) is 49.6 Å². The number of aromatic nitrogens is 1. The number of hydrogen-bond acceptors (Lipinski definition) is 6. The molecule has 0 saturated carbocycles. The summed E-state index contributed by atoms with van der Waals surface area (Å²) < 4.78 is 11.1. The first-order chi connectivity index (χ1) is 13.7. The van der Waals surface area contributed by atoms with Crippen LogP contribution in [0.1, 0.15) is 18.4 Å². The molecule has 2 aliphatic rings. The van der Waals surface area contributed by atoms with Crippen LogP contribution < -0.4 is 15.5 Å². The highest BCUT2D eigenvalue weighted by Crippen LogP contribution is 2.13. The van der Waals surface area contributed by atoms with Crippen molar-refractivity contribution in [3.05, 3.63) is 23.9 Å². The molecular weight excluding hydrogens is 356 g/mol. The molecule has 1 aromatic heterocycles. The number of anilines is 1. The van der Waals surface area contributed by atoms with Gasteiger partial charge in [-0.3, -0.25) is 4.99 Å². The van der Waals surface area contributed by atoms with Gasteiger partial charge in [0.15, 0.2) is 5.96 Å². The molecule has 2 fully saturated rings. The second kappa shape index (κ2) is 11.2. The maximum Gasteiger partial charge on any atom is 0.191 e. The molecule has 28 heavy (non-hydrogen) atoms. The van der Waals surface area contributed by atoms with Crippen LogP contribution in [0.3, 0.4) is 0 Å². The third-order valence-corrected chi connectivity index (χ3v) is 5.17. The molecule has 0 radical (unpaired) electrons. The number of piperazine rings is 1. The Morgan fingerprint density at radius 1 is 1.29 bits per heavy atom. The molecule has 1 unspecified atom stereocenters. The number of rotatable bonds is 8. The zero-order valence-electron chi connectivity index (χ0n) is 17.2. The van der Waals surface area contributed by atoms with Crippen molar-refractivity contribution >= 4 is 11.8 Å². The maximum absolute atomic E-state index is 5.77. The van der Waals surface area contributed by atoms with Crippen LogP contribution in [0, 0.1) is 0 Å². The molecule has 2 saturated heterocycles. The number of ether oxygens (including phenoxy) is 2. The molecule has 0 aliphatic carbocycles. The summed E-state index contributed by atoms with van der Waals surface area (Å²) in [5, 5.41) is 6.67. The van der Waals surface area contributed by atoms with Crippen LogP contribution in [-0.2, 0) is 16.0 Å². The lowest BCUT2D eigenvalue weighted by Crippen LogP contribution is -2.44. The van der Waals surface area contributed by atoms with Crippen molar-refractivity contribution < 1.29 is 9.47 Å². The Balaban J connectivity index is 1.32. The summed E-state index contributed by atoms with van der Waals surface area (Å²) in [6.07, 6.45) is 4.18. The maximum atomic E-state index is 5.77. The van der Waals surface area contributed by atoms with Crippen LogP contribution in [0.5, 0.6) is 0 Å². The van der Waals surface area contributed by atoms with Gasteiger partial charge in [-0.05, 0) is 31.5 Å². The Labute approximate surface area is 168 Å². The van der Waals surface area contributed by atoms with Gasteiger partial charge < -0.3 is 29.9 Å². The summed E-state index contributed by atoms with van der Waals surface area (Å²) in [5.74, 6) is 1.86. The Morgan fingerprint density at radius 3 is 2.82 bits per heavy atom. The van der Waals surface area contributed by atoms with Crippen LogP contribution >= 0.6 is 0 Å². The van der Waals surface area contributed by atoms with E-state index in [0.717, 1.165) is 82.7 Å². The van der Waals surface area contributed by atoms with Gasteiger partial charge in [-0.2, -0.15) is 0 Å². The first kappa shape index (κ1) is 20.8. The molecule has 0 spiro atoms. The van der Waals surface area contributed by atoms with E-state index in [1.54, 1.807) is 7.05 Å². The van der Waals surface area contributed by atoms with Crippen molar-refractivity contribution in [1.82, 2.24) is 20.5 Å². The van der Waals surface area contributed by atoms with E-state index in [1.165, 1.54) is 0 Å². The van der Waals surface area contributed by atoms with Crippen LogP contribution in [0.2, 0.25) is 0 Å². The average Bonchev–Trinajstić information content (AvgIpc) is 3.25. The fourth-order valence-electron chi connectivity index (χ4n) is 3.32. The zero-order chi connectivity index (χ0) is 19.6. The number of aliphatic imine (C=N–C) groups is 1. The van der Waals surface area contributed by atoms with Crippen molar-refractivity contribution in [2.24, 2.45) is 4.99 Å². The number of pyridine rings is 1. The first-order valence-electron chi connectivity index (χ1n) is 10.3. The van der Waals surface area contributed by atoms with Crippen molar-refractivity contribution in [3.8, 4) is 0 Å². The summed E-state index contributed by atoms with van der Waals surface area (Å²) in [6.45, 7) is 8.08. The largest absolute Gasteiger partial charge is 0.379 e. The van der Waals surface area contributed by atoms with Gasteiger partial charge in [0.05, 0.1) is 12.7 Å². The molecule has 0 amide bonds. The van der Waals surface area contributed by atoms with Gasteiger partial charge >= 0.3 is 0 Å². The number of hydrogen-bond donors (Lipinski definition) is 2. The van der Waals surface area contributed by atoms with Gasteiger partial charge in [0.1, 0.15) is 5.82 Å². The Kier molecular flexibility index (Phi) is 8.32. The highest BCUT2D eigenvalue weighted by Gasteiger charge is 2.16. The predicted molar refractivity (Wildman–Crippen MR) is 112 cm³/mol. The van der Waals surface area contributed by atoms with E-state index in [4.69, 9.17) is 9.47 Å². The minimum Gasteiger partial charge on any atom is -0.379 e. The monoisotopic (exact) mass is 390 g/mol. The molecule has 3 heterocycles. The fraction of sp³-hybridized carbons (Fsp3) is 0.700. The molecule has 0 aromatic carbocycles. The van der Waals surface area contributed by atoms with Crippen LogP contribution in [0.15, 0.2) is 23.3 Å². The molecule has 156 valence electrons. The second-order valence-electron chi connectivity index (χ2n) is 7.38. The fourth-order valence-corrected chi connectivity index (χ4v) is 3.32. The highest BCUT2D eigenvalue weighted by atomic mass is 16.5. The zero-order valence-corrected chi connectivity index (χ0v) is 17.2. The van der Waals surface area contributed by atoms with E-state index in [-0.39, 0.29) is 6.10 Å².